The first-order valence-corrected chi connectivity index (χ1v) is 9.19. The van der Waals surface area contributed by atoms with Crippen molar-refractivity contribution in [2.45, 2.75) is 51.3 Å². The Morgan fingerprint density at radius 1 is 1.12 bits per heavy atom. The van der Waals surface area contributed by atoms with Crippen molar-refractivity contribution in [3.63, 3.8) is 0 Å². The summed E-state index contributed by atoms with van der Waals surface area (Å²) in [5.41, 5.74) is 2.83. The van der Waals surface area contributed by atoms with Gasteiger partial charge in [0.2, 0.25) is 0 Å². The zero-order valence-corrected chi connectivity index (χ0v) is 14.3. The molecule has 1 N–H and O–H groups in total. The van der Waals surface area contributed by atoms with Gasteiger partial charge in [0, 0.05) is 30.9 Å². The van der Waals surface area contributed by atoms with Crippen LogP contribution < -0.4 is 0 Å². The monoisotopic (exact) mass is 325 g/mol. The fourth-order valence-electron chi connectivity index (χ4n) is 4.66. The van der Waals surface area contributed by atoms with Gasteiger partial charge >= 0.3 is 0 Å². The molecule has 2 fully saturated rings. The summed E-state index contributed by atoms with van der Waals surface area (Å²) in [5.74, 6) is 0. The zero-order chi connectivity index (χ0) is 16.4. The number of nitrogens with zero attached hydrogens (tertiary/aromatic N) is 3. The van der Waals surface area contributed by atoms with Crippen molar-refractivity contribution >= 4 is 0 Å². The molecule has 1 aromatic heterocycles. The molecule has 0 amide bonds. The Bertz CT molecular complexity index is 669. The maximum absolute atomic E-state index is 10.4. The van der Waals surface area contributed by atoms with Gasteiger partial charge in [-0.05, 0) is 49.4 Å². The normalized spacial score (nSPS) is 27.8. The highest BCUT2D eigenvalue weighted by molar-refractivity contribution is 5.24. The van der Waals surface area contributed by atoms with Crippen LogP contribution in [0.3, 0.4) is 0 Å². The van der Waals surface area contributed by atoms with Crippen molar-refractivity contribution in [3.8, 4) is 0 Å². The smallest absolute Gasteiger partial charge is 0.0659 e. The van der Waals surface area contributed by atoms with Crippen LogP contribution in [0.15, 0.2) is 42.7 Å². The fraction of sp³-hybridized carbons (Fsp3) is 0.550. The van der Waals surface area contributed by atoms with Gasteiger partial charge in [-0.25, -0.2) is 0 Å². The number of aliphatic hydroxyl groups excluding tert-OH is 1. The average molecular weight is 325 g/mol. The molecule has 1 saturated heterocycles. The third kappa shape index (κ3) is 3.26. The van der Waals surface area contributed by atoms with E-state index in [-0.39, 0.29) is 11.5 Å². The molecule has 128 valence electrons. The molecule has 0 unspecified atom stereocenters. The molecule has 1 aliphatic carbocycles. The van der Waals surface area contributed by atoms with Crippen molar-refractivity contribution in [3.05, 3.63) is 53.9 Å². The van der Waals surface area contributed by atoms with Gasteiger partial charge in [0.1, 0.15) is 0 Å². The van der Waals surface area contributed by atoms with Crippen molar-refractivity contribution in [2.75, 3.05) is 13.1 Å². The van der Waals surface area contributed by atoms with E-state index < -0.39 is 0 Å². The largest absolute Gasteiger partial charge is 0.393 e. The predicted octanol–water partition coefficient (Wildman–Crippen LogP) is 3.06. The lowest BCUT2D eigenvalue weighted by Crippen LogP contribution is -2.46. The molecule has 2 heterocycles. The van der Waals surface area contributed by atoms with Gasteiger partial charge in [-0.3, -0.25) is 9.58 Å². The molecule has 4 rings (SSSR count). The molecule has 1 saturated carbocycles. The summed E-state index contributed by atoms with van der Waals surface area (Å²) in [6.45, 7) is 4.01. The van der Waals surface area contributed by atoms with E-state index >= 15 is 0 Å². The highest BCUT2D eigenvalue weighted by Gasteiger charge is 2.44. The van der Waals surface area contributed by atoms with E-state index in [9.17, 15) is 5.11 Å². The molecular formula is C20H27N3O. The first-order chi connectivity index (χ1) is 11.7. The van der Waals surface area contributed by atoms with Gasteiger partial charge < -0.3 is 5.11 Å². The number of aliphatic hydroxyl groups is 1. The number of rotatable bonds is 4. The lowest BCUT2D eigenvalue weighted by Gasteiger charge is -2.42. The molecular weight excluding hydrogens is 298 g/mol. The van der Waals surface area contributed by atoms with Gasteiger partial charge in [-0.1, -0.05) is 30.7 Å². The van der Waals surface area contributed by atoms with E-state index in [1.807, 2.05) is 23.1 Å². The van der Waals surface area contributed by atoms with E-state index in [1.165, 1.54) is 36.8 Å². The van der Waals surface area contributed by atoms with Crippen LogP contribution in [-0.2, 0) is 13.1 Å². The fourth-order valence-corrected chi connectivity index (χ4v) is 4.66. The number of likely N-dealkylation sites (tertiary alicyclic amines) is 1. The van der Waals surface area contributed by atoms with Crippen molar-refractivity contribution < 1.29 is 5.11 Å². The van der Waals surface area contributed by atoms with Gasteiger partial charge in [-0.2, -0.15) is 5.10 Å². The van der Waals surface area contributed by atoms with Gasteiger partial charge in [-0.15, -0.1) is 0 Å². The lowest BCUT2D eigenvalue weighted by atomic mass is 9.76. The quantitative estimate of drug-likeness (QED) is 0.939. The first kappa shape index (κ1) is 15.9. The highest BCUT2D eigenvalue weighted by Crippen LogP contribution is 2.45. The second-order valence-corrected chi connectivity index (χ2v) is 7.61. The summed E-state index contributed by atoms with van der Waals surface area (Å²) in [5, 5.41) is 14.7. The van der Waals surface area contributed by atoms with Crippen LogP contribution in [0.1, 0.15) is 43.2 Å². The Labute approximate surface area is 144 Å². The molecule has 1 aliphatic heterocycles. The number of benzene rings is 1. The molecule has 4 nitrogen and oxygen atoms in total. The lowest BCUT2D eigenvalue weighted by molar-refractivity contribution is -0.0120. The van der Waals surface area contributed by atoms with E-state index in [0.717, 1.165) is 32.6 Å². The number of aromatic nitrogens is 2. The molecule has 2 atom stereocenters. The van der Waals surface area contributed by atoms with E-state index in [0.29, 0.717) is 0 Å². The number of hydrogen-bond acceptors (Lipinski definition) is 3. The molecule has 24 heavy (non-hydrogen) atoms. The van der Waals surface area contributed by atoms with Crippen LogP contribution >= 0.6 is 0 Å². The van der Waals surface area contributed by atoms with Crippen LogP contribution in [0.25, 0.3) is 0 Å². The Kier molecular flexibility index (Phi) is 4.42. The molecule has 0 radical (unpaired) electrons. The average Bonchev–Trinajstić information content (AvgIpc) is 3.19. The zero-order valence-electron chi connectivity index (χ0n) is 14.3. The highest BCUT2D eigenvalue weighted by atomic mass is 16.3. The van der Waals surface area contributed by atoms with Crippen molar-refractivity contribution in [1.29, 1.82) is 0 Å². The predicted molar refractivity (Wildman–Crippen MR) is 94.6 cm³/mol. The third-order valence-corrected chi connectivity index (χ3v) is 5.85. The summed E-state index contributed by atoms with van der Waals surface area (Å²) in [6, 6.07) is 10.8. The Hall–Kier alpha value is -1.65. The maximum Gasteiger partial charge on any atom is 0.0659 e. The second-order valence-electron chi connectivity index (χ2n) is 7.61. The van der Waals surface area contributed by atoms with Crippen LogP contribution in [0.4, 0.5) is 0 Å². The van der Waals surface area contributed by atoms with Crippen molar-refractivity contribution in [2.24, 2.45) is 5.41 Å². The summed E-state index contributed by atoms with van der Waals surface area (Å²) in [7, 11) is 0. The first-order valence-electron chi connectivity index (χ1n) is 9.19. The van der Waals surface area contributed by atoms with Crippen LogP contribution in [0.2, 0.25) is 0 Å². The van der Waals surface area contributed by atoms with Gasteiger partial charge in [0.05, 0.1) is 12.6 Å². The van der Waals surface area contributed by atoms with Crippen molar-refractivity contribution in [1.82, 2.24) is 14.7 Å². The van der Waals surface area contributed by atoms with Gasteiger partial charge in [0.15, 0.2) is 0 Å². The number of piperidine rings is 1. The standard InChI is InChI=1S/C20H27N3O/c24-19-7-2-8-20(19)9-3-11-22(16-20)14-17-5-1-6-18(13-17)15-23-12-4-10-21-23/h1,4-6,10,12-13,19,24H,2-3,7-9,11,14-16H2/t19-,20-/m1/s1. The SMILES string of the molecule is O[C@@H]1CCC[C@]12CCCN(Cc1cccc(Cn3cccn3)c1)C2. The Balaban J connectivity index is 1.43. The molecule has 0 bridgehead atoms. The van der Waals surface area contributed by atoms with E-state index in [2.05, 4.69) is 34.3 Å². The van der Waals surface area contributed by atoms with Gasteiger partial charge in [0.25, 0.3) is 0 Å². The molecule has 1 aromatic carbocycles. The summed E-state index contributed by atoms with van der Waals surface area (Å²) in [6.07, 6.45) is 9.53. The Morgan fingerprint density at radius 2 is 1.96 bits per heavy atom. The summed E-state index contributed by atoms with van der Waals surface area (Å²) >= 11 is 0. The molecule has 1 spiro atoms. The summed E-state index contributed by atoms with van der Waals surface area (Å²) in [4.78, 5) is 2.55. The molecule has 4 heteroatoms. The Morgan fingerprint density at radius 3 is 2.71 bits per heavy atom. The maximum atomic E-state index is 10.4. The van der Waals surface area contributed by atoms with Crippen LogP contribution in [0, 0.1) is 5.41 Å². The minimum atomic E-state index is -0.0913. The van der Waals surface area contributed by atoms with Crippen LogP contribution in [0.5, 0.6) is 0 Å². The minimum absolute atomic E-state index is 0.0913. The van der Waals surface area contributed by atoms with E-state index in [1.54, 1.807) is 0 Å². The molecule has 2 aliphatic rings. The molecule has 2 aromatic rings. The second kappa shape index (κ2) is 6.69. The van der Waals surface area contributed by atoms with E-state index in [4.69, 9.17) is 0 Å². The third-order valence-electron chi connectivity index (χ3n) is 5.85. The number of hydrogen-bond donors (Lipinski definition) is 1. The minimum Gasteiger partial charge on any atom is -0.393 e. The van der Waals surface area contributed by atoms with Crippen LogP contribution in [-0.4, -0.2) is 39.0 Å². The summed E-state index contributed by atoms with van der Waals surface area (Å²) < 4.78 is 1.96. The topological polar surface area (TPSA) is 41.3 Å².